The second kappa shape index (κ2) is 6.18. The quantitative estimate of drug-likeness (QED) is 0.753. The van der Waals surface area contributed by atoms with Gasteiger partial charge in [-0.25, -0.2) is 4.98 Å². The fourth-order valence-electron chi connectivity index (χ4n) is 3.24. The Kier molecular flexibility index (Phi) is 3.85. The van der Waals surface area contributed by atoms with E-state index in [0.29, 0.717) is 5.56 Å². The van der Waals surface area contributed by atoms with Gasteiger partial charge in [0.2, 0.25) is 5.91 Å². The smallest absolute Gasteiger partial charge is 0.248 e. The maximum Gasteiger partial charge on any atom is 0.248 e. The Morgan fingerprint density at radius 1 is 1.12 bits per heavy atom. The first-order valence-electron chi connectivity index (χ1n) is 8.36. The predicted octanol–water partition coefficient (Wildman–Crippen LogP) is 1.45. The third-order valence-corrected chi connectivity index (χ3v) is 4.69. The minimum absolute atomic E-state index is 0.278. The second-order valence-electron chi connectivity index (χ2n) is 6.38. The summed E-state index contributed by atoms with van der Waals surface area (Å²) in [5.74, 6) is 1.17. The van der Waals surface area contributed by atoms with Crippen molar-refractivity contribution >= 4 is 22.6 Å². The van der Waals surface area contributed by atoms with E-state index in [0.717, 1.165) is 48.5 Å². The van der Waals surface area contributed by atoms with Crippen molar-refractivity contribution in [2.45, 2.75) is 18.9 Å². The fraction of sp³-hybridized carbons (Fsp3) is 0.278. The number of primary amides is 1. The number of carbonyl (C=O) groups excluding carboxylic acids is 1. The van der Waals surface area contributed by atoms with Crippen LogP contribution in [0.5, 0.6) is 0 Å². The van der Waals surface area contributed by atoms with Gasteiger partial charge in [-0.15, -0.1) is 0 Å². The predicted molar refractivity (Wildman–Crippen MR) is 96.8 cm³/mol. The number of nitrogens with zero attached hydrogens (tertiary/aromatic N) is 4. The van der Waals surface area contributed by atoms with Crippen molar-refractivity contribution in [2.24, 2.45) is 11.5 Å². The minimum atomic E-state index is -0.431. The Morgan fingerprint density at radius 2 is 1.88 bits per heavy atom. The highest BCUT2D eigenvalue weighted by molar-refractivity contribution is 5.97. The summed E-state index contributed by atoms with van der Waals surface area (Å²) in [5, 5.41) is 0.937. The normalized spacial score (nSPS) is 15.6. The number of hydrogen-bond donors (Lipinski definition) is 2. The van der Waals surface area contributed by atoms with E-state index in [2.05, 4.69) is 9.88 Å². The van der Waals surface area contributed by atoms with Crippen LogP contribution in [0.15, 0.2) is 42.9 Å². The molecule has 0 spiro atoms. The Balaban J connectivity index is 1.69. The lowest BCUT2D eigenvalue weighted by atomic mass is 10.1. The number of fused-ring (bicyclic) bond motifs is 1. The molecular formula is C18H20N6O. The summed E-state index contributed by atoms with van der Waals surface area (Å²) < 4.78 is 1.96. The van der Waals surface area contributed by atoms with E-state index < -0.39 is 5.91 Å². The molecule has 4 rings (SSSR count). The molecule has 1 aliphatic heterocycles. The van der Waals surface area contributed by atoms with Crippen LogP contribution in [0.3, 0.4) is 0 Å². The molecule has 1 aromatic carbocycles. The van der Waals surface area contributed by atoms with Crippen LogP contribution >= 0.6 is 0 Å². The molecule has 0 unspecified atom stereocenters. The molecule has 7 nitrogen and oxygen atoms in total. The molecule has 25 heavy (non-hydrogen) atoms. The van der Waals surface area contributed by atoms with Gasteiger partial charge in [-0.3, -0.25) is 14.3 Å². The lowest BCUT2D eigenvalue weighted by molar-refractivity contribution is 0.100. The van der Waals surface area contributed by atoms with Crippen LogP contribution < -0.4 is 16.4 Å². The number of piperidine rings is 1. The van der Waals surface area contributed by atoms with Gasteiger partial charge in [0.1, 0.15) is 5.82 Å². The molecule has 128 valence electrons. The number of carbonyl (C=O) groups is 1. The van der Waals surface area contributed by atoms with E-state index in [1.165, 1.54) is 0 Å². The Hall–Kier alpha value is -2.93. The van der Waals surface area contributed by atoms with Crippen molar-refractivity contribution in [2.75, 3.05) is 18.0 Å². The summed E-state index contributed by atoms with van der Waals surface area (Å²) in [6, 6.07) is 7.61. The molecule has 1 saturated heterocycles. The van der Waals surface area contributed by atoms with E-state index in [9.17, 15) is 4.79 Å². The highest BCUT2D eigenvalue weighted by Crippen LogP contribution is 2.23. The summed E-state index contributed by atoms with van der Waals surface area (Å²) >= 11 is 0. The summed E-state index contributed by atoms with van der Waals surface area (Å²) in [4.78, 5) is 22.7. The van der Waals surface area contributed by atoms with Crippen molar-refractivity contribution in [1.29, 1.82) is 0 Å². The number of rotatable bonds is 3. The number of anilines is 1. The van der Waals surface area contributed by atoms with Crippen LogP contribution in [-0.4, -0.2) is 39.6 Å². The van der Waals surface area contributed by atoms with E-state index in [1.807, 2.05) is 22.9 Å². The Bertz CT molecular complexity index is 926. The van der Waals surface area contributed by atoms with Gasteiger partial charge in [0.05, 0.1) is 17.9 Å². The first-order chi connectivity index (χ1) is 12.1. The highest BCUT2D eigenvalue weighted by Gasteiger charge is 2.18. The third kappa shape index (κ3) is 2.94. The topological polar surface area (TPSA) is 103 Å². The van der Waals surface area contributed by atoms with E-state index in [4.69, 9.17) is 16.5 Å². The van der Waals surface area contributed by atoms with Gasteiger partial charge in [0, 0.05) is 36.3 Å². The summed E-state index contributed by atoms with van der Waals surface area (Å²) in [7, 11) is 0. The lowest BCUT2D eigenvalue weighted by Gasteiger charge is -2.30. The zero-order chi connectivity index (χ0) is 17.4. The molecule has 1 aliphatic rings. The zero-order valence-electron chi connectivity index (χ0n) is 13.8. The zero-order valence-corrected chi connectivity index (χ0v) is 13.8. The Labute approximate surface area is 145 Å². The average Bonchev–Trinajstić information content (AvgIpc) is 3.05. The van der Waals surface area contributed by atoms with Crippen molar-refractivity contribution in [3.8, 4) is 5.82 Å². The van der Waals surface area contributed by atoms with Crippen molar-refractivity contribution in [3.63, 3.8) is 0 Å². The maximum atomic E-state index is 11.3. The van der Waals surface area contributed by atoms with Crippen molar-refractivity contribution < 1.29 is 4.79 Å². The second-order valence-corrected chi connectivity index (χ2v) is 6.38. The number of amides is 1. The third-order valence-electron chi connectivity index (χ3n) is 4.69. The van der Waals surface area contributed by atoms with Crippen molar-refractivity contribution in [3.05, 3.63) is 48.4 Å². The van der Waals surface area contributed by atoms with E-state index in [1.54, 1.807) is 24.5 Å². The lowest BCUT2D eigenvalue weighted by Crippen LogP contribution is -2.40. The van der Waals surface area contributed by atoms with Gasteiger partial charge >= 0.3 is 0 Å². The minimum Gasteiger partial charge on any atom is -0.366 e. The molecule has 0 atom stereocenters. The van der Waals surface area contributed by atoms with Crippen LogP contribution in [0.4, 0.5) is 5.82 Å². The largest absolute Gasteiger partial charge is 0.366 e. The SMILES string of the molecule is NC(=O)c1ccc2c(ccn2-c2cncc(N3CCC(N)CC3)n2)c1. The molecule has 4 N–H and O–H groups in total. The van der Waals surface area contributed by atoms with Gasteiger partial charge < -0.3 is 16.4 Å². The Morgan fingerprint density at radius 3 is 2.64 bits per heavy atom. The van der Waals surface area contributed by atoms with Gasteiger partial charge in [-0.05, 0) is 37.1 Å². The standard InChI is InChI=1S/C18H20N6O/c19-14-4-6-23(7-5-14)16-10-21-11-17(22-16)24-8-3-12-9-13(18(20)25)1-2-15(12)24/h1-3,8-11,14H,4-7,19H2,(H2,20,25). The van der Waals surface area contributed by atoms with Crippen LogP contribution in [0.2, 0.25) is 0 Å². The van der Waals surface area contributed by atoms with Crippen LogP contribution in [0.1, 0.15) is 23.2 Å². The van der Waals surface area contributed by atoms with Crippen LogP contribution in [0, 0.1) is 0 Å². The molecule has 3 aromatic rings. The summed E-state index contributed by atoms with van der Waals surface area (Å²) in [6.45, 7) is 1.79. The van der Waals surface area contributed by atoms with E-state index in [-0.39, 0.29) is 6.04 Å². The molecule has 2 aromatic heterocycles. The van der Waals surface area contributed by atoms with Gasteiger partial charge in [0.15, 0.2) is 5.82 Å². The highest BCUT2D eigenvalue weighted by atomic mass is 16.1. The van der Waals surface area contributed by atoms with Gasteiger partial charge in [-0.1, -0.05) is 0 Å². The monoisotopic (exact) mass is 336 g/mol. The fourth-order valence-corrected chi connectivity index (χ4v) is 3.24. The molecule has 3 heterocycles. The van der Waals surface area contributed by atoms with Crippen LogP contribution in [-0.2, 0) is 0 Å². The maximum absolute atomic E-state index is 11.3. The molecular weight excluding hydrogens is 316 g/mol. The van der Waals surface area contributed by atoms with Gasteiger partial charge in [0.25, 0.3) is 0 Å². The molecule has 1 fully saturated rings. The number of aromatic nitrogens is 3. The van der Waals surface area contributed by atoms with Gasteiger partial charge in [-0.2, -0.15) is 0 Å². The molecule has 0 radical (unpaired) electrons. The first-order valence-corrected chi connectivity index (χ1v) is 8.36. The van der Waals surface area contributed by atoms with Crippen molar-refractivity contribution in [1.82, 2.24) is 14.5 Å². The number of nitrogens with two attached hydrogens (primary N) is 2. The molecule has 0 saturated carbocycles. The first kappa shape index (κ1) is 15.6. The molecule has 0 aliphatic carbocycles. The van der Waals surface area contributed by atoms with Crippen LogP contribution in [0.25, 0.3) is 16.7 Å². The number of hydrogen-bond acceptors (Lipinski definition) is 5. The molecule has 1 amide bonds. The summed E-state index contributed by atoms with van der Waals surface area (Å²) in [5.41, 5.74) is 12.8. The molecule has 7 heteroatoms. The number of benzene rings is 1. The average molecular weight is 336 g/mol. The van der Waals surface area contributed by atoms with E-state index >= 15 is 0 Å². The summed E-state index contributed by atoms with van der Waals surface area (Å²) in [6.07, 6.45) is 7.38. The molecule has 0 bridgehead atoms.